The Labute approximate surface area is 172 Å². The van der Waals surface area contributed by atoms with Gasteiger partial charge in [0.15, 0.2) is 5.82 Å². The largest absolute Gasteiger partial charge is 0.378 e. The van der Waals surface area contributed by atoms with E-state index in [1.165, 1.54) is 31.2 Å². The van der Waals surface area contributed by atoms with Crippen molar-refractivity contribution >= 4 is 11.7 Å². The number of aromatic nitrogens is 1. The van der Waals surface area contributed by atoms with Gasteiger partial charge in [0.05, 0.1) is 19.3 Å². The Morgan fingerprint density at radius 1 is 1.03 bits per heavy atom. The lowest BCUT2D eigenvalue weighted by atomic mass is 10.0. The average Bonchev–Trinajstić information content (AvgIpc) is 3.12. The van der Waals surface area contributed by atoms with Gasteiger partial charge in [-0.05, 0) is 31.5 Å². The van der Waals surface area contributed by atoms with Crippen LogP contribution in [0.25, 0.3) is 0 Å². The van der Waals surface area contributed by atoms with Crippen molar-refractivity contribution in [2.24, 2.45) is 0 Å². The fourth-order valence-corrected chi connectivity index (χ4v) is 4.13. The first-order valence-corrected chi connectivity index (χ1v) is 10.7. The molecule has 2 aliphatic rings. The van der Waals surface area contributed by atoms with E-state index >= 15 is 0 Å². The molecule has 2 fully saturated rings. The number of morpholine rings is 1. The summed E-state index contributed by atoms with van der Waals surface area (Å²) in [6.07, 6.45) is 4.99. The normalized spacial score (nSPS) is 19.5. The van der Waals surface area contributed by atoms with Crippen LogP contribution >= 0.6 is 0 Å². The van der Waals surface area contributed by atoms with Crippen molar-refractivity contribution in [3.63, 3.8) is 0 Å². The quantitative estimate of drug-likeness (QED) is 0.807. The predicted molar refractivity (Wildman–Crippen MR) is 111 cm³/mol. The Balaban J connectivity index is 1.41. The fourth-order valence-electron chi connectivity index (χ4n) is 4.13. The third-order valence-corrected chi connectivity index (χ3v) is 5.78. The summed E-state index contributed by atoms with van der Waals surface area (Å²) in [5.74, 6) is 0.743. The molecule has 1 aromatic carbocycles. The molecule has 2 aromatic rings. The Hall–Kier alpha value is -2.38. The summed E-state index contributed by atoms with van der Waals surface area (Å²) in [6, 6.07) is 12.3. The summed E-state index contributed by atoms with van der Waals surface area (Å²) in [6.45, 7) is 5.55. The zero-order valence-corrected chi connectivity index (χ0v) is 16.9. The van der Waals surface area contributed by atoms with E-state index in [1.807, 2.05) is 6.07 Å². The zero-order chi connectivity index (χ0) is 19.9. The van der Waals surface area contributed by atoms with Gasteiger partial charge in [-0.25, -0.2) is 0 Å². The molecule has 1 aromatic heterocycles. The summed E-state index contributed by atoms with van der Waals surface area (Å²) in [4.78, 5) is 17.3. The highest BCUT2D eigenvalue weighted by atomic mass is 16.5. The molecule has 0 spiro atoms. The topological polar surface area (TPSA) is 70.8 Å². The van der Waals surface area contributed by atoms with Crippen molar-refractivity contribution in [3.8, 4) is 0 Å². The number of likely N-dealkylation sites (tertiary alicyclic amines) is 1. The molecule has 7 nitrogen and oxygen atoms in total. The summed E-state index contributed by atoms with van der Waals surface area (Å²) in [5.41, 5.74) is 1.24. The molecule has 3 heterocycles. The number of ether oxygens (including phenoxy) is 1. The predicted octanol–water partition coefficient (Wildman–Crippen LogP) is 2.86. The second-order valence-corrected chi connectivity index (χ2v) is 7.74. The van der Waals surface area contributed by atoms with Crippen LogP contribution in [0.5, 0.6) is 0 Å². The van der Waals surface area contributed by atoms with Crippen molar-refractivity contribution in [3.05, 3.63) is 47.7 Å². The highest BCUT2D eigenvalue weighted by molar-refractivity contribution is 5.92. The van der Waals surface area contributed by atoms with E-state index < -0.39 is 0 Å². The number of nitrogens with one attached hydrogen (secondary N) is 1. The van der Waals surface area contributed by atoms with Crippen LogP contribution < -0.4 is 10.2 Å². The number of nitrogens with zero attached hydrogens (tertiary/aromatic N) is 3. The highest BCUT2D eigenvalue weighted by Gasteiger charge is 2.24. The van der Waals surface area contributed by atoms with Gasteiger partial charge in [-0.15, -0.1) is 0 Å². The molecule has 0 aliphatic carbocycles. The van der Waals surface area contributed by atoms with E-state index in [0.717, 1.165) is 26.2 Å². The van der Waals surface area contributed by atoms with Crippen LogP contribution in [0.1, 0.15) is 47.8 Å². The number of hydrogen-bond acceptors (Lipinski definition) is 6. The van der Waals surface area contributed by atoms with Gasteiger partial charge in [0.2, 0.25) is 5.76 Å². The molecule has 4 rings (SSSR count). The van der Waals surface area contributed by atoms with Gasteiger partial charge in [-0.1, -0.05) is 48.3 Å². The Bertz CT molecular complexity index is 765. The van der Waals surface area contributed by atoms with Crippen molar-refractivity contribution in [1.29, 1.82) is 0 Å². The first-order valence-electron chi connectivity index (χ1n) is 10.7. The molecule has 1 atom stereocenters. The van der Waals surface area contributed by atoms with Gasteiger partial charge in [-0.3, -0.25) is 9.69 Å². The molecule has 2 saturated heterocycles. The molecule has 1 unspecified atom stereocenters. The first-order chi connectivity index (χ1) is 14.3. The molecule has 7 heteroatoms. The molecule has 2 aliphatic heterocycles. The number of hydrogen-bond donors (Lipinski definition) is 1. The minimum absolute atomic E-state index is 0.167. The van der Waals surface area contributed by atoms with Crippen LogP contribution in [0.3, 0.4) is 0 Å². The van der Waals surface area contributed by atoms with Crippen LogP contribution in [0, 0.1) is 0 Å². The minimum atomic E-state index is -0.215. The molecule has 0 bridgehead atoms. The number of amides is 1. The van der Waals surface area contributed by atoms with Gasteiger partial charge >= 0.3 is 0 Å². The Morgan fingerprint density at radius 2 is 1.76 bits per heavy atom. The molecule has 0 radical (unpaired) electrons. The van der Waals surface area contributed by atoms with E-state index in [0.29, 0.717) is 25.6 Å². The van der Waals surface area contributed by atoms with Gasteiger partial charge in [0.25, 0.3) is 5.91 Å². The van der Waals surface area contributed by atoms with Crippen LogP contribution in [0.15, 0.2) is 40.9 Å². The number of carbonyl (C=O) groups excluding carboxylic acids is 1. The number of rotatable bonds is 6. The summed E-state index contributed by atoms with van der Waals surface area (Å²) >= 11 is 0. The van der Waals surface area contributed by atoms with E-state index in [1.54, 1.807) is 6.07 Å². The SMILES string of the molecule is O=C(NCC(c1ccccc1)N1CCCCCC1)c1cc(N2CCOCC2)no1. The smallest absolute Gasteiger partial charge is 0.290 e. The standard InChI is InChI=1S/C22H30N4O3/c27-22(20-16-21(24-29-20)26-12-14-28-15-13-26)23-17-19(18-8-4-3-5-9-18)25-10-6-1-2-7-11-25/h3-5,8-9,16,19H,1-2,6-7,10-15,17H2,(H,23,27). The maximum atomic E-state index is 12.7. The lowest BCUT2D eigenvalue weighted by Crippen LogP contribution is -2.38. The number of benzene rings is 1. The Morgan fingerprint density at radius 3 is 2.48 bits per heavy atom. The van der Waals surface area contributed by atoms with Crippen LogP contribution in [0.2, 0.25) is 0 Å². The molecular formula is C22H30N4O3. The van der Waals surface area contributed by atoms with Crippen LogP contribution in [0.4, 0.5) is 5.82 Å². The van der Waals surface area contributed by atoms with Gasteiger partial charge in [0.1, 0.15) is 0 Å². The van der Waals surface area contributed by atoms with E-state index in [4.69, 9.17) is 9.26 Å². The molecular weight excluding hydrogens is 368 g/mol. The number of anilines is 1. The van der Waals surface area contributed by atoms with E-state index in [-0.39, 0.29) is 17.7 Å². The summed E-state index contributed by atoms with van der Waals surface area (Å²) < 4.78 is 10.7. The molecule has 29 heavy (non-hydrogen) atoms. The lowest BCUT2D eigenvalue weighted by molar-refractivity contribution is 0.0896. The average molecular weight is 399 g/mol. The zero-order valence-electron chi connectivity index (χ0n) is 16.9. The highest BCUT2D eigenvalue weighted by Crippen LogP contribution is 2.24. The lowest BCUT2D eigenvalue weighted by Gasteiger charge is -2.31. The van der Waals surface area contributed by atoms with Gasteiger partial charge < -0.3 is 19.5 Å². The Kier molecular flexibility index (Phi) is 6.79. The number of carbonyl (C=O) groups is 1. The second-order valence-electron chi connectivity index (χ2n) is 7.74. The molecule has 0 saturated carbocycles. The fraction of sp³-hybridized carbons (Fsp3) is 0.545. The molecule has 1 amide bonds. The van der Waals surface area contributed by atoms with Gasteiger partial charge in [0, 0.05) is 25.7 Å². The summed E-state index contributed by atoms with van der Waals surface area (Å²) in [5, 5.41) is 7.15. The van der Waals surface area contributed by atoms with E-state index in [9.17, 15) is 4.79 Å². The van der Waals surface area contributed by atoms with Crippen LogP contribution in [-0.2, 0) is 4.74 Å². The van der Waals surface area contributed by atoms with Crippen molar-refractivity contribution in [2.75, 3.05) is 50.8 Å². The molecule has 156 valence electrons. The van der Waals surface area contributed by atoms with Crippen molar-refractivity contribution in [2.45, 2.75) is 31.7 Å². The second kappa shape index (κ2) is 9.89. The third-order valence-electron chi connectivity index (χ3n) is 5.78. The van der Waals surface area contributed by atoms with Crippen molar-refractivity contribution in [1.82, 2.24) is 15.4 Å². The maximum absolute atomic E-state index is 12.7. The first kappa shape index (κ1) is 19.9. The van der Waals surface area contributed by atoms with E-state index in [2.05, 4.69) is 44.5 Å². The van der Waals surface area contributed by atoms with Crippen molar-refractivity contribution < 1.29 is 14.1 Å². The summed E-state index contributed by atoms with van der Waals surface area (Å²) in [7, 11) is 0. The van der Waals surface area contributed by atoms with Crippen LogP contribution in [-0.4, -0.2) is 61.9 Å². The molecule has 1 N–H and O–H groups in total. The third kappa shape index (κ3) is 5.16. The minimum Gasteiger partial charge on any atom is -0.378 e. The monoisotopic (exact) mass is 398 g/mol. The maximum Gasteiger partial charge on any atom is 0.290 e. The van der Waals surface area contributed by atoms with Gasteiger partial charge in [-0.2, -0.15) is 0 Å².